The first-order chi connectivity index (χ1) is 14.1. The number of carbonyl (C=O) groups is 1. The number of aromatic nitrogens is 1. The van der Waals surface area contributed by atoms with Crippen LogP contribution in [0.4, 0.5) is 0 Å². The number of ketones is 1. The topological polar surface area (TPSA) is 108 Å². The number of benzene rings is 2. The molecular formula is C21H19ClN2O5S. The van der Waals surface area contributed by atoms with E-state index in [2.05, 4.69) is 0 Å². The predicted octanol–water partition coefficient (Wildman–Crippen LogP) is 3.18. The summed E-state index contributed by atoms with van der Waals surface area (Å²) in [4.78, 5) is 24.6. The Kier molecular flexibility index (Phi) is 5.74. The number of carbonyl (C=O) groups excluding carboxylic acids is 1. The van der Waals surface area contributed by atoms with E-state index in [4.69, 9.17) is 22.1 Å². The van der Waals surface area contributed by atoms with Gasteiger partial charge in [-0.05, 0) is 50.2 Å². The van der Waals surface area contributed by atoms with Crippen molar-refractivity contribution < 1.29 is 17.9 Å². The number of nitrogens with zero attached hydrogens (tertiary/aromatic N) is 1. The van der Waals surface area contributed by atoms with Crippen molar-refractivity contribution in [3.8, 4) is 5.75 Å². The Morgan fingerprint density at radius 3 is 2.23 bits per heavy atom. The summed E-state index contributed by atoms with van der Waals surface area (Å²) in [5.74, 6) is -0.0575. The van der Waals surface area contributed by atoms with E-state index < -0.39 is 15.6 Å². The van der Waals surface area contributed by atoms with Crippen LogP contribution in [0.5, 0.6) is 5.75 Å². The molecule has 9 heteroatoms. The van der Waals surface area contributed by atoms with Gasteiger partial charge in [-0.25, -0.2) is 8.42 Å². The number of pyridine rings is 1. The Hall–Kier alpha value is -3.10. The number of hydrogen-bond acceptors (Lipinski definition) is 6. The molecule has 0 aliphatic carbocycles. The fourth-order valence-corrected chi connectivity index (χ4v) is 4.78. The number of fused-ring (bicyclic) bond motifs is 1. The van der Waals surface area contributed by atoms with Gasteiger partial charge in [-0.15, -0.1) is 0 Å². The van der Waals surface area contributed by atoms with E-state index in [9.17, 15) is 18.0 Å². The van der Waals surface area contributed by atoms with Crippen LogP contribution in [0, 0.1) is 0 Å². The molecule has 1 heterocycles. The number of rotatable bonds is 5. The van der Waals surface area contributed by atoms with Gasteiger partial charge in [-0.2, -0.15) is 3.97 Å². The van der Waals surface area contributed by atoms with E-state index in [-0.39, 0.29) is 27.5 Å². The van der Waals surface area contributed by atoms with Gasteiger partial charge < -0.3 is 10.5 Å². The molecule has 0 saturated carbocycles. The van der Waals surface area contributed by atoms with Crippen LogP contribution in [0.15, 0.2) is 63.9 Å². The van der Waals surface area contributed by atoms with E-state index in [1.54, 1.807) is 13.0 Å². The third-order valence-electron chi connectivity index (χ3n) is 4.54. The average Bonchev–Trinajstić information content (AvgIpc) is 2.67. The Labute approximate surface area is 178 Å². The molecule has 2 N–H and O–H groups in total. The van der Waals surface area contributed by atoms with Gasteiger partial charge in [0.05, 0.1) is 17.5 Å². The van der Waals surface area contributed by atoms with Crippen molar-refractivity contribution in [1.29, 1.82) is 0 Å². The molecule has 0 aliphatic heterocycles. The molecule has 0 aliphatic rings. The lowest BCUT2D eigenvalue weighted by atomic mass is 9.97. The van der Waals surface area contributed by atoms with Crippen molar-refractivity contribution in [3.63, 3.8) is 0 Å². The predicted molar refractivity (Wildman–Crippen MR) is 116 cm³/mol. The molecule has 1 aromatic heterocycles. The maximum Gasteiger partial charge on any atom is 0.271 e. The van der Waals surface area contributed by atoms with Crippen molar-refractivity contribution in [3.05, 3.63) is 75.2 Å². The quantitative estimate of drug-likeness (QED) is 0.603. The summed E-state index contributed by atoms with van der Waals surface area (Å²) in [6.07, 6.45) is 0. The van der Waals surface area contributed by atoms with Gasteiger partial charge in [0, 0.05) is 39.4 Å². The molecule has 2 aromatic carbocycles. The first-order valence-corrected chi connectivity index (χ1v) is 10.6. The smallest absolute Gasteiger partial charge is 0.271 e. The zero-order valence-electron chi connectivity index (χ0n) is 16.5. The van der Waals surface area contributed by atoms with Gasteiger partial charge in [0.25, 0.3) is 15.6 Å². The standard InChI is InChI=1S/C21H19ClN2O5S/c1-12(23)21(13(2)25)17-10-14-4-9-20(26)24(18(14)11-19(17)29-3)30(27,28)16-7-5-15(22)6-8-16/h4-11H,23H2,1-3H3. The summed E-state index contributed by atoms with van der Waals surface area (Å²) in [5.41, 5.74) is 6.22. The third-order valence-corrected chi connectivity index (χ3v) is 6.52. The molecule has 0 unspecified atom stereocenters. The monoisotopic (exact) mass is 446 g/mol. The summed E-state index contributed by atoms with van der Waals surface area (Å²) in [6, 6.07) is 11.1. The number of hydrogen-bond donors (Lipinski definition) is 1. The molecule has 156 valence electrons. The minimum atomic E-state index is -4.22. The third kappa shape index (κ3) is 3.71. The van der Waals surface area contributed by atoms with E-state index in [1.807, 2.05) is 0 Å². The number of allylic oxidation sites excluding steroid dienone is 2. The Morgan fingerprint density at radius 1 is 1.07 bits per heavy atom. The maximum absolute atomic E-state index is 13.2. The van der Waals surface area contributed by atoms with Crippen molar-refractivity contribution in [2.75, 3.05) is 7.11 Å². The summed E-state index contributed by atoms with van der Waals surface area (Å²) in [6.45, 7) is 2.97. The largest absolute Gasteiger partial charge is 0.496 e. The molecule has 30 heavy (non-hydrogen) atoms. The second-order valence-electron chi connectivity index (χ2n) is 6.62. The first kappa shape index (κ1) is 21.6. The molecule has 0 atom stereocenters. The summed E-state index contributed by atoms with van der Waals surface area (Å²) < 4.78 is 32.5. The van der Waals surface area contributed by atoms with E-state index in [1.165, 1.54) is 50.4 Å². The number of methoxy groups -OCH3 is 1. The normalized spacial score (nSPS) is 12.5. The Morgan fingerprint density at radius 2 is 1.70 bits per heavy atom. The van der Waals surface area contributed by atoms with Crippen LogP contribution in [0.3, 0.4) is 0 Å². The number of ether oxygens (including phenoxy) is 1. The van der Waals surface area contributed by atoms with Crippen LogP contribution in [-0.4, -0.2) is 25.3 Å². The van der Waals surface area contributed by atoms with Crippen LogP contribution in [0.25, 0.3) is 16.5 Å². The van der Waals surface area contributed by atoms with Gasteiger partial charge in [0.1, 0.15) is 5.75 Å². The molecule has 0 spiro atoms. The lowest BCUT2D eigenvalue weighted by Gasteiger charge is -2.16. The van der Waals surface area contributed by atoms with Gasteiger partial charge in [-0.1, -0.05) is 11.6 Å². The molecule has 0 bridgehead atoms. The molecule has 3 rings (SSSR count). The van der Waals surface area contributed by atoms with Crippen molar-refractivity contribution in [1.82, 2.24) is 3.97 Å². The van der Waals surface area contributed by atoms with Gasteiger partial charge in [0.2, 0.25) is 0 Å². The minimum Gasteiger partial charge on any atom is -0.496 e. The van der Waals surface area contributed by atoms with E-state index >= 15 is 0 Å². The van der Waals surface area contributed by atoms with Crippen LogP contribution in [-0.2, 0) is 14.8 Å². The van der Waals surface area contributed by atoms with Crippen molar-refractivity contribution in [2.24, 2.45) is 5.73 Å². The Bertz CT molecular complexity index is 1350. The maximum atomic E-state index is 13.2. The van der Waals surface area contributed by atoms with Crippen molar-refractivity contribution >= 4 is 43.9 Å². The zero-order chi connectivity index (χ0) is 22.2. The number of nitrogens with two attached hydrogens (primary N) is 1. The van der Waals surface area contributed by atoms with E-state index in [0.29, 0.717) is 25.6 Å². The SMILES string of the molecule is COc1cc2c(ccc(=O)n2S(=O)(=O)c2ccc(Cl)cc2)cc1C(C(C)=O)=C(C)N. The fourth-order valence-electron chi connectivity index (χ4n) is 3.25. The van der Waals surface area contributed by atoms with Gasteiger partial charge in [-0.3, -0.25) is 9.59 Å². The van der Waals surface area contributed by atoms with E-state index in [0.717, 1.165) is 6.07 Å². The highest BCUT2D eigenvalue weighted by Gasteiger charge is 2.23. The summed E-state index contributed by atoms with van der Waals surface area (Å²) >= 11 is 5.85. The Balaban J connectivity index is 2.39. The molecule has 3 aromatic rings. The van der Waals surface area contributed by atoms with Crippen LogP contribution in [0.1, 0.15) is 19.4 Å². The highest BCUT2D eigenvalue weighted by Crippen LogP contribution is 2.33. The van der Waals surface area contributed by atoms with Crippen LogP contribution < -0.4 is 16.0 Å². The molecule has 0 amide bonds. The lowest BCUT2D eigenvalue weighted by Crippen LogP contribution is -2.27. The highest BCUT2D eigenvalue weighted by atomic mass is 35.5. The summed E-state index contributed by atoms with van der Waals surface area (Å²) in [5, 5.41) is 0.786. The van der Waals surface area contributed by atoms with Gasteiger partial charge >= 0.3 is 0 Å². The zero-order valence-corrected chi connectivity index (χ0v) is 18.0. The highest BCUT2D eigenvalue weighted by molar-refractivity contribution is 7.90. The fraction of sp³-hybridized carbons (Fsp3) is 0.143. The second-order valence-corrected chi connectivity index (χ2v) is 8.84. The van der Waals surface area contributed by atoms with Crippen molar-refractivity contribution in [2.45, 2.75) is 18.7 Å². The van der Waals surface area contributed by atoms with Crippen LogP contribution >= 0.6 is 11.6 Å². The molecule has 7 nitrogen and oxygen atoms in total. The van der Waals surface area contributed by atoms with Gasteiger partial charge in [0.15, 0.2) is 5.78 Å². The number of halogens is 1. The minimum absolute atomic E-state index is 0.0910. The average molecular weight is 447 g/mol. The number of Topliss-reactive ketones (excluding diaryl/α,β-unsaturated/α-hetero) is 1. The molecule has 0 fully saturated rings. The molecule has 0 radical (unpaired) electrons. The van der Waals surface area contributed by atoms with Crippen LogP contribution in [0.2, 0.25) is 5.02 Å². The lowest BCUT2D eigenvalue weighted by molar-refractivity contribution is -0.111. The molecular weight excluding hydrogens is 428 g/mol. The molecule has 0 saturated heterocycles. The second kappa shape index (κ2) is 7.97. The summed E-state index contributed by atoms with van der Waals surface area (Å²) in [7, 11) is -2.84. The first-order valence-electron chi connectivity index (χ1n) is 8.80.